The van der Waals surface area contributed by atoms with E-state index in [1.54, 1.807) is 0 Å². The molecule has 3 N–H and O–H groups in total. The first-order valence-corrected chi connectivity index (χ1v) is 5.04. The Balaban J connectivity index is 2.25. The number of rotatable bonds is 4. The molecule has 0 bridgehead atoms. The second-order valence-electron chi connectivity index (χ2n) is 3.95. The fourth-order valence-electron chi connectivity index (χ4n) is 1.56. The lowest BCUT2D eigenvalue weighted by Crippen LogP contribution is -2.30. The normalized spacial score (nSPS) is 17.1. The van der Waals surface area contributed by atoms with Crippen LogP contribution in [0.4, 0.5) is 4.39 Å². The molecule has 2 rings (SSSR count). The zero-order chi connectivity index (χ0) is 11.7. The molecule has 1 aliphatic rings. The van der Waals surface area contributed by atoms with Gasteiger partial charge in [0.05, 0.1) is 0 Å². The highest BCUT2D eigenvalue weighted by Crippen LogP contribution is 2.26. The van der Waals surface area contributed by atoms with Crippen LogP contribution in [-0.2, 0) is 4.79 Å². The first-order valence-electron chi connectivity index (χ1n) is 5.04. The standard InChI is InChI=1S/C11H12FNO3/c12-7-3-6(4-9(14)5-7)10(11(15)16)13-8-1-2-8/h3-5,8,10,13-14H,1-2H2,(H,15,16). The van der Waals surface area contributed by atoms with Gasteiger partial charge in [-0.15, -0.1) is 0 Å². The van der Waals surface area contributed by atoms with E-state index < -0.39 is 17.8 Å². The maximum absolute atomic E-state index is 13.0. The lowest BCUT2D eigenvalue weighted by atomic mass is 10.1. The molecule has 1 aromatic rings. The third-order valence-electron chi connectivity index (χ3n) is 2.46. The maximum Gasteiger partial charge on any atom is 0.325 e. The first-order chi connectivity index (χ1) is 7.56. The van der Waals surface area contributed by atoms with Crippen LogP contribution >= 0.6 is 0 Å². The van der Waals surface area contributed by atoms with Gasteiger partial charge in [-0.3, -0.25) is 10.1 Å². The van der Waals surface area contributed by atoms with Crippen LogP contribution in [0, 0.1) is 5.82 Å². The lowest BCUT2D eigenvalue weighted by molar-refractivity contribution is -0.139. The van der Waals surface area contributed by atoms with Crippen molar-refractivity contribution in [3.8, 4) is 5.75 Å². The molecule has 1 atom stereocenters. The molecule has 0 spiro atoms. The minimum atomic E-state index is -1.07. The van der Waals surface area contributed by atoms with E-state index in [0.717, 1.165) is 25.0 Å². The summed E-state index contributed by atoms with van der Waals surface area (Å²) in [6.45, 7) is 0. The molecule has 16 heavy (non-hydrogen) atoms. The van der Waals surface area contributed by atoms with Crippen LogP contribution in [0.15, 0.2) is 18.2 Å². The number of carbonyl (C=O) groups is 1. The van der Waals surface area contributed by atoms with Gasteiger partial charge in [-0.05, 0) is 30.5 Å². The van der Waals surface area contributed by atoms with Gasteiger partial charge >= 0.3 is 5.97 Å². The summed E-state index contributed by atoms with van der Waals surface area (Å²) in [6.07, 6.45) is 1.87. The molecule has 0 aromatic heterocycles. The summed E-state index contributed by atoms with van der Waals surface area (Å²) < 4.78 is 13.0. The van der Waals surface area contributed by atoms with E-state index in [1.165, 1.54) is 6.07 Å². The SMILES string of the molecule is O=C(O)C(NC1CC1)c1cc(O)cc(F)c1. The smallest absolute Gasteiger partial charge is 0.325 e. The molecular formula is C11H12FNO3. The van der Waals surface area contributed by atoms with Crippen molar-refractivity contribution in [2.24, 2.45) is 0 Å². The summed E-state index contributed by atoms with van der Waals surface area (Å²) in [6, 6.07) is 2.55. The molecule has 1 unspecified atom stereocenters. The van der Waals surface area contributed by atoms with E-state index in [9.17, 15) is 14.3 Å². The van der Waals surface area contributed by atoms with Crippen LogP contribution in [0.1, 0.15) is 24.4 Å². The number of carboxylic acids is 1. The second kappa shape index (κ2) is 4.09. The summed E-state index contributed by atoms with van der Waals surface area (Å²) >= 11 is 0. The van der Waals surface area contributed by atoms with Crippen LogP contribution in [0.5, 0.6) is 5.75 Å². The van der Waals surface area contributed by atoms with Gasteiger partial charge in [0.1, 0.15) is 17.6 Å². The van der Waals surface area contributed by atoms with E-state index in [2.05, 4.69) is 5.32 Å². The van der Waals surface area contributed by atoms with Crippen LogP contribution < -0.4 is 5.32 Å². The highest BCUT2D eigenvalue weighted by atomic mass is 19.1. The summed E-state index contributed by atoms with van der Waals surface area (Å²) in [5.74, 6) is -1.98. The highest BCUT2D eigenvalue weighted by molar-refractivity contribution is 5.75. The van der Waals surface area contributed by atoms with Gasteiger partial charge in [0.15, 0.2) is 0 Å². The Morgan fingerprint density at radius 3 is 2.62 bits per heavy atom. The van der Waals surface area contributed by atoms with Gasteiger partial charge in [0.2, 0.25) is 0 Å². The molecule has 1 fully saturated rings. The van der Waals surface area contributed by atoms with Crippen LogP contribution in [0.3, 0.4) is 0 Å². The van der Waals surface area contributed by atoms with Gasteiger partial charge < -0.3 is 10.2 Å². The van der Waals surface area contributed by atoms with Crippen LogP contribution in [0.25, 0.3) is 0 Å². The number of benzene rings is 1. The Labute approximate surface area is 91.7 Å². The van der Waals surface area contributed by atoms with Gasteiger partial charge in [-0.2, -0.15) is 0 Å². The number of nitrogens with one attached hydrogen (secondary N) is 1. The quantitative estimate of drug-likeness (QED) is 0.724. The number of aliphatic carboxylic acids is 1. The van der Waals surface area contributed by atoms with Gasteiger partial charge in [-0.1, -0.05) is 0 Å². The van der Waals surface area contributed by atoms with Crippen molar-refractivity contribution < 1.29 is 19.4 Å². The third kappa shape index (κ3) is 2.49. The molecule has 4 nitrogen and oxygen atoms in total. The van der Waals surface area contributed by atoms with Crippen molar-refractivity contribution in [2.75, 3.05) is 0 Å². The van der Waals surface area contributed by atoms with E-state index in [-0.39, 0.29) is 17.4 Å². The minimum absolute atomic E-state index is 0.187. The van der Waals surface area contributed by atoms with Gasteiger partial charge in [0.25, 0.3) is 0 Å². The largest absolute Gasteiger partial charge is 0.508 e. The summed E-state index contributed by atoms with van der Waals surface area (Å²) in [7, 11) is 0. The Bertz CT molecular complexity index is 397. The van der Waals surface area contributed by atoms with Crippen molar-refractivity contribution in [1.82, 2.24) is 5.32 Å². The Morgan fingerprint density at radius 1 is 1.44 bits per heavy atom. The monoisotopic (exact) mass is 225 g/mol. The molecule has 1 saturated carbocycles. The minimum Gasteiger partial charge on any atom is -0.508 e. The Morgan fingerprint density at radius 2 is 2.12 bits per heavy atom. The lowest BCUT2D eigenvalue weighted by Gasteiger charge is -2.14. The summed E-state index contributed by atoms with van der Waals surface area (Å²) in [5.41, 5.74) is 0.233. The van der Waals surface area contributed by atoms with E-state index in [4.69, 9.17) is 5.11 Å². The Kier molecular flexibility index (Phi) is 2.78. The van der Waals surface area contributed by atoms with E-state index >= 15 is 0 Å². The number of carboxylic acid groups (broad SMARTS) is 1. The van der Waals surface area contributed by atoms with E-state index in [0.29, 0.717) is 0 Å². The second-order valence-corrected chi connectivity index (χ2v) is 3.95. The molecular weight excluding hydrogens is 213 g/mol. The zero-order valence-electron chi connectivity index (χ0n) is 8.48. The number of halogens is 1. The van der Waals surface area contributed by atoms with Crippen molar-refractivity contribution in [2.45, 2.75) is 24.9 Å². The van der Waals surface area contributed by atoms with Crippen LogP contribution in [0.2, 0.25) is 0 Å². The fraction of sp³-hybridized carbons (Fsp3) is 0.364. The third-order valence-corrected chi connectivity index (χ3v) is 2.46. The van der Waals surface area contributed by atoms with Crippen molar-refractivity contribution in [1.29, 1.82) is 0 Å². The maximum atomic E-state index is 13.0. The average molecular weight is 225 g/mol. The van der Waals surface area contributed by atoms with Crippen LogP contribution in [-0.4, -0.2) is 22.2 Å². The first kappa shape index (κ1) is 10.9. The predicted molar refractivity (Wildman–Crippen MR) is 54.6 cm³/mol. The number of phenols is 1. The molecule has 86 valence electrons. The fourth-order valence-corrected chi connectivity index (χ4v) is 1.56. The van der Waals surface area contributed by atoms with Crippen molar-refractivity contribution in [3.63, 3.8) is 0 Å². The highest BCUT2D eigenvalue weighted by Gasteiger charge is 2.29. The summed E-state index contributed by atoms with van der Waals surface area (Å²) in [5, 5.41) is 21.1. The van der Waals surface area contributed by atoms with Gasteiger partial charge in [-0.25, -0.2) is 4.39 Å². The van der Waals surface area contributed by atoms with Crippen molar-refractivity contribution in [3.05, 3.63) is 29.6 Å². The molecule has 0 aliphatic heterocycles. The molecule has 0 amide bonds. The molecule has 0 radical (unpaired) electrons. The number of hydrogen-bond donors (Lipinski definition) is 3. The summed E-state index contributed by atoms with van der Waals surface area (Å²) in [4.78, 5) is 11.0. The predicted octanol–water partition coefficient (Wildman–Crippen LogP) is 1.41. The number of phenolic OH excluding ortho intramolecular Hbond substituents is 1. The number of hydrogen-bond acceptors (Lipinski definition) is 3. The number of aromatic hydroxyl groups is 1. The molecule has 1 aromatic carbocycles. The van der Waals surface area contributed by atoms with Crippen molar-refractivity contribution >= 4 is 5.97 Å². The average Bonchev–Trinajstić information content (AvgIpc) is 2.95. The molecule has 1 aliphatic carbocycles. The molecule has 5 heteroatoms. The molecule has 0 saturated heterocycles. The van der Waals surface area contributed by atoms with Gasteiger partial charge in [0, 0.05) is 12.1 Å². The molecule has 0 heterocycles. The Hall–Kier alpha value is -1.62. The zero-order valence-corrected chi connectivity index (χ0v) is 8.48. The topological polar surface area (TPSA) is 69.6 Å². The van der Waals surface area contributed by atoms with E-state index in [1.807, 2.05) is 0 Å².